The van der Waals surface area contributed by atoms with Gasteiger partial charge in [0.15, 0.2) is 11.9 Å². The fourth-order valence-electron chi connectivity index (χ4n) is 2.13. The topological polar surface area (TPSA) is 56.7 Å². The third-order valence-corrected chi connectivity index (χ3v) is 3.25. The third kappa shape index (κ3) is 2.72. The highest BCUT2D eigenvalue weighted by atomic mass is 16.5. The van der Waals surface area contributed by atoms with Crippen molar-refractivity contribution in [2.45, 2.75) is 32.2 Å². The van der Waals surface area contributed by atoms with Crippen molar-refractivity contribution >= 4 is 0 Å². The van der Waals surface area contributed by atoms with Gasteiger partial charge in [-0.05, 0) is 11.6 Å². The number of nitrogens with zero attached hydrogens (tertiary/aromatic N) is 4. The SMILES string of the molecule is CC(C)(C)c1noc([C@@H](c2ccccc2)n2cccn2)n1. The molecule has 0 aliphatic heterocycles. The van der Waals surface area contributed by atoms with Crippen LogP contribution in [0.15, 0.2) is 53.3 Å². The summed E-state index contributed by atoms with van der Waals surface area (Å²) in [4.78, 5) is 4.58. The molecule has 1 aromatic carbocycles. The van der Waals surface area contributed by atoms with E-state index in [9.17, 15) is 0 Å². The lowest BCUT2D eigenvalue weighted by atomic mass is 9.96. The zero-order valence-corrected chi connectivity index (χ0v) is 12.4. The summed E-state index contributed by atoms with van der Waals surface area (Å²) in [5, 5.41) is 8.45. The second kappa shape index (κ2) is 5.16. The average molecular weight is 282 g/mol. The molecule has 108 valence electrons. The van der Waals surface area contributed by atoms with Crippen LogP contribution in [-0.4, -0.2) is 19.9 Å². The molecule has 0 saturated carbocycles. The predicted molar refractivity (Wildman–Crippen MR) is 78.9 cm³/mol. The highest BCUT2D eigenvalue weighted by molar-refractivity contribution is 5.25. The summed E-state index contributed by atoms with van der Waals surface area (Å²) in [6.45, 7) is 6.19. The molecule has 0 unspecified atom stereocenters. The van der Waals surface area contributed by atoms with Gasteiger partial charge < -0.3 is 4.52 Å². The summed E-state index contributed by atoms with van der Waals surface area (Å²) in [6, 6.07) is 11.7. The van der Waals surface area contributed by atoms with Gasteiger partial charge in [0.05, 0.1) is 0 Å². The molecule has 2 aromatic heterocycles. The minimum Gasteiger partial charge on any atom is -0.337 e. The van der Waals surface area contributed by atoms with Crippen molar-refractivity contribution in [1.82, 2.24) is 19.9 Å². The Balaban J connectivity index is 2.06. The first-order chi connectivity index (χ1) is 10.1. The molecule has 0 amide bonds. The lowest BCUT2D eigenvalue weighted by Crippen LogP contribution is -2.16. The molecule has 0 bridgehead atoms. The minimum absolute atomic E-state index is 0.146. The quantitative estimate of drug-likeness (QED) is 0.740. The fourth-order valence-corrected chi connectivity index (χ4v) is 2.13. The van der Waals surface area contributed by atoms with E-state index in [0.29, 0.717) is 11.7 Å². The Labute approximate surface area is 123 Å². The van der Waals surface area contributed by atoms with E-state index < -0.39 is 0 Å². The van der Waals surface area contributed by atoms with Crippen molar-refractivity contribution in [3.63, 3.8) is 0 Å². The molecular weight excluding hydrogens is 264 g/mol. The highest BCUT2D eigenvalue weighted by Crippen LogP contribution is 2.27. The number of benzene rings is 1. The molecule has 0 aliphatic rings. The molecule has 0 radical (unpaired) electrons. The summed E-state index contributed by atoms with van der Waals surface area (Å²) in [6.07, 6.45) is 3.65. The predicted octanol–water partition coefficient (Wildman–Crippen LogP) is 3.20. The van der Waals surface area contributed by atoms with Gasteiger partial charge in [-0.2, -0.15) is 10.1 Å². The van der Waals surface area contributed by atoms with Gasteiger partial charge in [-0.3, -0.25) is 4.68 Å². The maximum atomic E-state index is 5.51. The number of hydrogen-bond acceptors (Lipinski definition) is 4. The van der Waals surface area contributed by atoms with Gasteiger partial charge in [-0.15, -0.1) is 0 Å². The molecule has 3 rings (SSSR count). The van der Waals surface area contributed by atoms with E-state index in [-0.39, 0.29) is 11.5 Å². The van der Waals surface area contributed by atoms with Crippen LogP contribution < -0.4 is 0 Å². The van der Waals surface area contributed by atoms with Crippen molar-refractivity contribution < 1.29 is 4.52 Å². The van der Waals surface area contributed by atoms with E-state index in [4.69, 9.17) is 4.52 Å². The minimum atomic E-state index is -0.204. The molecule has 0 spiro atoms. The van der Waals surface area contributed by atoms with Crippen molar-refractivity contribution in [2.75, 3.05) is 0 Å². The molecule has 5 heteroatoms. The Morgan fingerprint density at radius 2 is 1.86 bits per heavy atom. The van der Waals surface area contributed by atoms with Gasteiger partial charge in [0.2, 0.25) is 0 Å². The summed E-state index contributed by atoms with van der Waals surface area (Å²) in [7, 11) is 0. The molecular formula is C16H18N4O. The van der Waals surface area contributed by atoms with E-state index in [0.717, 1.165) is 5.56 Å². The lowest BCUT2D eigenvalue weighted by molar-refractivity contribution is 0.336. The molecule has 21 heavy (non-hydrogen) atoms. The lowest BCUT2D eigenvalue weighted by Gasteiger charge is -2.14. The second-order valence-electron chi connectivity index (χ2n) is 6.01. The Morgan fingerprint density at radius 3 is 2.43 bits per heavy atom. The zero-order chi connectivity index (χ0) is 14.9. The van der Waals surface area contributed by atoms with Crippen LogP contribution >= 0.6 is 0 Å². The van der Waals surface area contributed by atoms with Crippen molar-refractivity contribution in [1.29, 1.82) is 0 Å². The van der Waals surface area contributed by atoms with E-state index in [1.165, 1.54) is 0 Å². The van der Waals surface area contributed by atoms with Gasteiger partial charge >= 0.3 is 0 Å². The Kier molecular flexibility index (Phi) is 3.33. The van der Waals surface area contributed by atoms with Crippen LogP contribution in [-0.2, 0) is 5.41 Å². The smallest absolute Gasteiger partial charge is 0.256 e. The Hall–Kier alpha value is -2.43. The second-order valence-corrected chi connectivity index (χ2v) is 6.01. The number of hydrogen-bond donors (Lipinski definition) is 0. The number of rotatable bonds is 3. The molecule has 3 aromatic rings. The van der Waals surface area contributed by atoms with Crippen LogP contribution in [0.1, 0.15) is 44.1 Å². The van der Waals surface area contributed by atoms with E-state index in [1.807, 2.05) is 47.3 Å². The van der Waals surface area contributed by atoms with Gasteiger partial charge in [-0.25, -0.2) is 0 Å². The van der Waals surface area contributed by atoms with Crippen LogP contribution in [0.3, 0.4) is 0 Å². The first kappa shape index (κ1) is 13.5. The van der Waals surface area contributed by atoms with E-state index >= 15 is 0 Å². The van der Waals surface area contributed by atoms with Gasteiger partial charge in [0, 0.05) is 17.8 Å². The monoisotopic (exact) mass is 282 g/mol. The maximum Gasteiger partial charge on any atom is 0.256 e. The summed E-state index contributed by atoms with van der Waals surface area (Å²) < 4.78 is 7.34. The van der Waals surface area contributed by atoms with Gasteiger partial charge in [-0.1, -0.05) is 56.3 Å². The summed E-state index contributed by atoms with van der Waals surface area (Å²) >= 11 is 0. The van der Waals surface area contributed by atoms with Gasteiger partial charge in [0.1, 0.15) is 0 Å². The van der Waals surface area contributed by atoms with Crippen molar-refractivity contribution in [3.05, 3.63) is 66.1 Å². The first-order valence-electron chi connectivity index (χ1n) is 6.94. The fraction of sp³-hybridized carbons (Fsp3) is 0.312. The molecule has 5 nitrogen and oxygen atoms in total. The van der Waals surface area contributed by atoms with Crippen LogP contribution in [0.4, 0.5) is 0 Å². The molecule has 2 heterocycles. The van der Waals surface area contributed by atoms with Crippen LogP contribution in [0.2, 0.25) is 0 Å². The Bertz CT molecular complexity index is 695. The first-order valence-corrected chi connectivity index (χ1v) is 6.94. The highest BCUT2D eigenvalue weighted by Gasteiger charge is 2.27. The van der Waals surface area contributed by atoms with E-state index in [1.54, 1.807) is 6.20 Å². The largest absolute Gasteiger partial charge is 0.337 e. The van der Waals surface area contributed by atoms with Gasteiger partial charge in [0.25, 0.3) is 5.89 Å². The zero-order valence-electron chi connectivity index (χ0n) is 12.4. The molecule has 0 N–H and O–H groups in total. The normalized spacial score (nSPS) is 13.3. The average Bonchev–Trinajstić information content (AvgIpc) is 3.11. The van der Waals surface area contributed by atoms with Crippen molar-refractivity contribution in [2.24, 2.45) is 0 Å². The summed E-state index contributed by atoms with van der Waals surface area (Å²) in [5.74, 6) is 1.25. The molecule has 0 aliphatic carbocycles. The third-order valence-electron chi connectivity index (χ3n) is 3.25. The summed E-state index contributed by atoms with van der Waals surface area (Å²) in [5.41, 5.74) is 0.915. The van der Waals surface area contributed by atoms with Crippen LogP contribution in [0.5, 0.6) is 0 Å². The maximum absolute atomic E-state index is 5.51. The Morgan fingerprint density at radius 1 is 1.10 bits per heavy atom. The van der Waals surface area contributed by atoms with Crippen LogP contribution in [0.25, 0.3) is 0 Å². The molecule has 0 saturated heterocycles. The standard InChI is InChI=1S/C16H18N4O/c1-16(2,3)15-18-14(21-19-15)13(20-11-7-10-17-20)12-8-5-4-6-9-12/h4-11,13H,1-3H3/t13-/m1/s1. The van der Waals surface area contributed by atoms with Crippen molar-refractivity contribution in [3.8, 4) is 0 Å². The molecule has 1 atom stereocenters. The number of aromatic nitrogens is 4. The van der Waals surface area contributed by atoms with Crippen LogP contribution in [0, 0.1) is 0 Å². The van der Waals surface area contributed by atoms with E-state index in [2.05, 4.69) is 36.0 Å². The molecule has 0 fully saturated rings.